The van der Waals surface area contributed by atoms with Crippen LogP contribution in [0, 0.1) is 0 Å². The first-order valence-corrected chi connectivity index (χ1v) is 7.30. The van der Waals surface area contributed by atoms with Crippen LogP contribution in [0.5, 0.6) is 11.5 Å². The fourth-order valence-corrected chi connectivity index (χ4v) is 2.88. The molecule has 2 nitrogen and oxygen atoms in total. The molecule has 0 radical (unpaired) electrons. The Balaban J connectivity index is 1.90. The average molecular weight is 280 g/mol. The van der Waals surface area contributed by atoms with Gasteiger partial charge in [0.1, 0.15) is 17.6 Å². The Morgan fingerprint density at radius 2 is 1.86 bits per heavy atom. The van der Waals surface area contributed by atoms with Gasteiger partial charge < -0.3 is 9.47 Å². The molecule has 2 aromatic rings. The van der Waals surface area contributed by atoms with Crippen LogP contribution in [0.1, 0.15) is 42.6 Å². The Morgan fingerprint density at radius 1 is 1.10 bits per heavy atom. The van der Waals surface area contributed by atoms with Gasteiger partial charge in [0.25, 0.3) is 0 Å². The maximum atomic E-state index is 6.15. The van der Waals surface area contributed by atoms with Gasteiger partial charge in [-0.1, -0.05) is 37.3 Å². The van der Waals surface area contributed by atoms with Crippen LogP contribution in [0.2, 0.25) is 0 Å². The van der Waals surface area contributed by atoms with Crippen molar-refractivity contribution in [1.29, 1.82) is 0 Å². The second-order valence-electron chi connectivity index (χ2n) is 5.40. The van der Waals surface area contributed by atoms with E-state index in [1.54, 1.807) is 7.11 Å². The van der Waals surface area contributed by atoms with Crippen molar-refractivity contribution in [3.8, 4) is 11.5 Å². The lowest BCUT2D eigenvalue weighted by atomic mass is 9.92. The first kappa shape index (κ1) is 13.7. The zero-order valence-electron chi connectivity index (χ0n) is 12.7. The number of methoxy groups -OCH3 is 1. The Kier molecular flexibility index (Phi) is 3.70. The van der Waals surface area contributed by atoms with E-state index >= 15 is 0 Å². The number of ether oxygens (including phenoxy) is 2. The van der Waals surface area contributed by atoms with Gasteiger partial charge in [-0.25, -0.2) is 0 Å². The van der Waals surface area contributed by atoms with Crippen molar-refractivity contribution in [2.75, 3.05) is 7.11 Å². The van der Waals surface area contributed by atoms with Crippen LogP contribution in [0.15, 0.2) is 48.5 Å². The van der Waals surface area contributed by atoms with Gasteiger partial charge in [-0.05, 0) is 42.3 Å². The van der Waals surface area contributed by atoms with E-state index in [0.717, 1.165) is 11.5 Å². The molecule has 2 aromatic carbocycles. The number of fused-ring (bicyclic) bond motifs is 1. The quantitative estimate of drug-likeness (QED) is 0.790. The summed E-state index contributed by atoms with van der Waals surface area (Å²) in [4.78, 5) is 0. The van der Waals surface area contributed by atoms with Gasteiger partial charge in [0, 0.05) is 11.5 Å². The third kappa shape index (κ3) is 2.54. The monoisotopic (exact) mass is 280 g/mol. The molecule has 21 heavy (non-hydrogen) atoms. The van der Waals surface area contributed by atoms with E-state index < -0.39 is 0 Å². The minimum atomic E-state index is 0.0757. The largest absolute Gasteiger partial charge is 0.497 e. The third-order valence-electron chi connectivity index (χ3n) is 4.04. The van der Waals surface area contributed by atoms with Crippen molar-refractivity contribution in [1.82, 2.24) is 0 Å². The van der Waals surface area contributed by atoms with Crippen molar-refractivity contribution < 1.29 is 9.47 Å². The molecule has 0 fully saturated rings. The van der Waals surface area contributed by atoms with Crippen LogP contribution in [-0.4, -0.2) is 7.11 Å². The highest BCUT2D eigenvalue weighted by atomic mass is 16.5. The van der Waals surface area contributed by atoms with Crippen LogP contribution in [0.3, 0.4) is 0 Å². The molecule has 1 aliphatic rings. The van der Waals surface area contributed by atoms with Crippen molar-refractivity contribution in [2.45, 2.75) is 25.9 Å². The highest BCUT2D eigenvalue weighted by Crippen LogP contribution is 2.46. The molecule has 0 aromatic heterocycles. The van der Waals surface area contributed by atoms with E-state index in [0.29, 0.717) is 5.92 Å². The lowest BCUT2D eigenvalue weighted by molar-refractivity contribution is 0.216. The van der Waals surface area contributed by atoms with Gasteiger partial charge >= 0.3 is 0 Å². The molecule has 1 heterocycles. The fraction of sp³-hybridized carbons (Fsp3) is 0.263. The Hall–Kier alpha value is -2.22. The van der Waals surface area contributed by atoms with E-state index in [-0.39, 0.29) is 6.10 Å². The highest BCUT2D eigenvalue weighted by Gasteiger charge is 2.32. The smallest absolute Gasteiger partial charge is 0.130 e. The molecule has 3 rings (SSSR count). The molecule has 0 amide bonds. The Morgan fingerprint density at radius 3 is 2.52 bits per heavy atom. The highest BCUT2D eigenvalue weighted by molar-refractivity contribution is 5.55. The SMILES string of the molecule is CC=Cc1ccc2c(c1)C(C)C(c1ccc(OC)cc1)O2. The maximum absolute atomic E-state index is 6.15. The summed E-state index contributed by atoms with van der Waals surface area (Å²) in [6, 6.07) is 14.5. The molecule has 0 bridgehead atoms. The van der Waals surface area contributed by atoms with Crippen molar-refractivity contribution >= 4 is 6.08 Å². The molecule has 1 aliphatic heterocycles. The molecule has 2 unspecified atom stereocenters. The molecule has 108 valence electrons. The topological polar surface area (TPSA) is 18.5 Å². The lowest BCUT2D eigenvalue weighted by Crippen LogP contribution is -2.07. The van der Waals surface area contributed by atoms with Crippen LogP contribution < -0.4 is 9.47 Å². The van der Waals surface area contributed by atoms with Crippen LogP contribution in [-0.2, 0) is 0 Å². The van der Waals surface area contributed by atoms with E-state index in [2.05, 4.69) is 49.4 Å². The molecule has 2 atom stereocenters. The molecule has 0 N–H and O–H groups in total. The lowest BCUT2D eigenvalue weighted by Gasteiger charge is -2.16. The molecular weight excluding hydrogens is 260 g/mol. The summed E-state index contributed by atoms with van der Waals surface area (Å²) in [5.74, 6) is 2.22. The minimum Gasteiger partial charge on any atom is -0.497 e. The summed E-state index contributed by atoms with van der Waals surface area (Å²) in [5, 5.41) is 0. The summed E-state index contributed by atoms with van der Waals surface area (Å²) in [5.41, 5.74) is 3.69. The molecular formula is C19H20O2. The summed E-state index contributed by atoms with van der Waals surface area (Å²) >= 11 is 0. The molecule has 0 saturated heterocycles. The van der Waals surface area contributed by atoms with Crippen molar-refractivity contribution in [2.24, 2.45) is 0 Å². The zero-order chi connectivity index (χ0) is 14.8. The summed E-state index contributed by atoms with van der Waals surface area (Å²) in [6.07, 6.45) is 4.25. The van der Waals surface area contributed by atoms with Crippen molar-refractivity contribution in [3.63, 3.8) is 0 Å². The van der Waals surface area contributed by atoms with E-state index in [1.807, 2.05) is 19.1 Å². The fourth-order valence-electron chi connectivity index (χ4n) is 2.88. The van der Waals surface area contributed by atoms with Gasteiger partial charge in [0.15, 0.2) is 0 Å². The summed E-state index contributed by atoms with van der Waals surface area (Å²) < 4.78 is 11.4. The summed E-state index contributed by atoms with van der Waals surface area (Å²) in [6.45, 7) is 4.26. The van der Waals surface area contributed by atoms with Crippen molar-refractivity contribution in [3.05, 3.63) is 65.2 Å². The summed E-state index contributed by atoms with van der Waals surface area (Å²) in [7, 11) is 1.68. The molecule has 0 aliphatic carbocycles. The number of rotatable bonds is 3. The van der Waals surface area contributed by atoms with Gasteiger partial charge in [-0.3, -0.25) is 0 Å². The molecule has 0 spiro atoms. The Bertz CT molecular complexity index is 656. The normalized spacial score (nSPS) is 20.3. The minimum absolute atomic E-state index is 0.0757. The number of hydrogen-bond donors (Lipinski definition) is 0. The van der Waals surface area contributed by atoms with E-state index in [9.17, 15) is 0 Å². The van der Waals surface area contributed by atoms with Gasteiger partial charge in [-0.2, -0.15) is 0 Å². The second kappa shape index (κ2) is 5.65. The average Bonchev–Trinajstić information content (AvgIpc) is 2.85. The van der Waals surface area contributed by atoms with E-state index in [4.69, 9.17) is 9.47 Å². The predicted molar refractivity (Wildman–Crippen MR) is 85.9 cm³/mol. The zero-order valence-corrected chi connectivity index (χ0v) is 12.7. The number of hydrogen-bond acceptors (Lipinski definition) is 2. The second-order valence-corrected chi connectivity index (χ2v) is 5.40. The first-order chi connectivity index (χ1) is 10.2. The van der Waals surface area contributed by atoms with Crippen LogP contribution in [0.4, 0.5) is 0 Å². The molecule has 2 heteroatoms. The van der Waals surface area contributed by atoms with Gasteiger partial charge in [0.05, 0.1) is 7.11 Å². The van der Waals surface area contributed by atoms with Gasteiger partial charge in [-0.15, -0.1) is 0 Å². The molecule has 0 saturated carbocycles. The maximum Gasteiger partial charge on any atom is 0.130 e. The van der Waals surface area contributed by atoms with Crippen LogP contribution in [0.25, 0.3) is 6.08 Å². The predicted octanol–water partition coefficient (Wildman–Crippen LogP) is 4.97. The number of allylic oxidation sites excluding steroid dienone is 1. The first-order valence-electron chi connectivity index (χ1n) is 7.30. The third-order valence-corrected chi connectivity index (χ3v) is 4.04. The standard InChI is InChI=1S/C19H20O2/c1-4-5-14-6-11-18-17(12-14)13(2)19(21-18)15-7-9-16(20-3)10-8-15/h4-13,19H,1-3H3. The van der Waals surface area contributed by atoms with Crippen LogP contribution >= 0.6 is 0 Å². The number of benzene rings is 2. The Labute approximate surface area is 126 Å². The van der Waals surface area contributed by atoms with E-state index in [1.165, 1.54) is 16.7 Å². The van der Waals surface area contributed by atoms with Gasteiger partial charge in [0.2, 0.25) is 0 Å².